The fraction of sp³-hybridized carbons (Fsp3) is 0.793. The molecule has 0 radical (unpaired) electrons. The smallest absolute Gasteiger partial charge is 0.0162 e. The van der Waals surface area contributed by atoms with Crippen molar-refractivity contribution in [3.05, 3.63) is 35.4 Å². The topological polar surface area (TPSA) is 0 Å². The molecular weight excluding hydrogens is 348 g/mol. The molecule has 2 fully saturated rings. The molecule has 164 valence electrons. The first-order valence-corrected chi connectivity index (χ1v) is 13.4. The van der Waals surface area contributed by atoms with E-state index in [-0.39, 0.29) is 0 Å². The van der Waals surface area contributed by atoms with Gasteiger partial charge in [0.2, 0.25) is 0 Å². The molecule has 0 bridgehead atoms. The Morgan fingerprint density at radius 1 is 0.586 bits per heavy atom. The van der Waals surface area contributed by atoms with Gasteiger partial charge in [-0.2, -0.15) is 0 Å². The monoisotopic (exact) mass is 396 g/mol. The van der Waals surface area contributed by atoms with E-state index in [1.54, 1.807) is 11.1 Å². The molecule has 0 amide bonds. The zero-order valence-corrected chi connectivity index (χ0v) is 19.6. The van der Waals surface area contributed by atoms with Crippen molar-refractivity contribution in [3.8, 4) is 0 Å². The maximum absolute atomic E-state index is 2.47. The molecule has 0 N–H and O–H groups in total. The lowest BCUT2D eigenvalue weighted by molar-refractivity contribution is 0.249. The van der Waals surface area contributed by atoms with Crippen LogP contribution in [0.15, 0.2) is 24.3 Å². The first-order chi connectivity index (χ1) is 14.3. The average molecular weight is 397 g/mol. The van der Waals surface area contributed by atoms with Crippen molar-refractivity contribution in [3.63, 3.8) is 0 Å². The van der Waals surface area contributed by atoms with E-state index in [9.17, 15) is 0 Å². The van der Waals surface area contributed by atoms with Crippen LogP contribution in [-0.4, -0.2) is 0 Å². The lowest BCUT2D eigenvalue weighted by Gasteiger charge is -2.29. The van der Waals surface area contributed by atoms with Gasteiger partial charge in [0.15, 0.2) is 0 Å². The first-order valence-electron chi connectivity index (χ1n) is 13.4. The summed E-state index contributed by atoms with van der Waals surface area (Å²) in [7, 11) is 0. The predicted molar refractivity (Wildman–Crippen MR) is 129 cm³/mol. The normalized spacial score (nSPS) is 27.8. The van der Waals surface area contributed by atoms with Gasteiger partial charge in [-0.3, -0.25) is 0 Å². The molecule has 2 aliphatic rings. The van der Waals surface area contributed by atoms with Crippen molar-refractivity contribution in [2.24, 2.45) is 17.8 Å². The highest BCUT2D eigenvalue weighted by molar-refractivity contribution is 5.26. The van der Waals surface area contributed by atoms with E-state index in [1.165, 1.54) is 109 Å². The highest BCUT2D eigenvalue weighted by Crippen LogP contribution is 2.38. The molecule has 2 saturated carbocycles. The minimum atomic E-state index is 0.838. The molecule has 0 saturated heterocycles. The Morgan fingerprint density at radius 2 is 1.10 bits per heavy atom. The molecule has 0 heterocycles. The van der Waals surface area contributed by atoms with Crippen LogP contribution in [0.1, 0.15) is 134 Å². The minimum Gasteiger partial charge on any atom is -0.0654 e. The van der Waals surface area contributed by atoms with E-state index in [2.05, 4.69) is 38.1 Å². The molecular formula is C29H48. The van der Waals surface area contributed by atoms with Gasteiger partial charge in [0.1, 0.15) is 0 Å². The lowest BCUT2D eigenvalue weighted by Crippen LogP contribution is -2.15. The molecule has 0 heteroatoms. The van der Waals surface area contributed by atoms with Crippen molar-refractivity contribution < 1.29 is 0 Å². The van der Waals surface area contributed by atoms with Crippen molar-refractivity contribution in [2.75, 3.05) is 0 Å². The van der Waals surface area contributed by atoms with Crippen LogP contribution in [0.4, 0.5) is 0 Å². The summed E-state index contributed by atoms with van der Waals surface area (Å²) in [4.78, 5) is 0. The number of hydrogen-bond acceptors (Lipinski definition) is 0. The number of hydrogen-bond donors (Lipinski definition) is 0. The van der Waals surface area contributed by atoms with Crippen LogP contribution in [0.25, 0.3) is 0 Å². The molecule has 0 aromatic heterocycles. The molecule has 0 aliphatic heterocycles. The number of aryl methyl sites for hydroxylation is 1. The number of benzene rings is 1. The van der Waals surface area contributed by atoms with Gasteiger partial charge in [-0.15, -0.1) is 0 Å². The van der Waals surface area contributed by atoms with E-state index >= 15 is 0 Å². The maximum atomic E-state index is 2.47. The van der Waals surface area contributed by atoms with E-state index in [1.807, 2.05) is 0 Å². The summed E-state index contributed by atoms with van der Waals surface area (Å²) in [5.41, 5.74) is 3.20. The zero-order chi connectivity index (χ0) is 20.3. The Hall–Kier alpha value is -0.780. The van der Waals surface area contributed by atoms with E-state index in [0.717, 1.165) is 23.7 Å². The van der Waals surface area contributed by atoms with Gasteiger partial charge in [-0.1, -0.05) is 109 Å². The van der Waals surface area contributed by atoms with Crippen LogP contribution in [-0.2, 0) is 6.42 Å². The van der Waals surface area contributed by atoms with Crippen LogP contribution in [0, 0.1) is 17.8 Å². The van der Waals surface area contributed by atoms with E-state index < -0.39 is 0 Å². The fourth-order valence-corrected chi connectivity index (χ4v) is 6.10. The number of rotatable bonds is 11. The van der Waals surface area contributed by atoms with E-state index in [4.69, 9.17) is 0 Å². The van der Waals surface area contributed by atoms with Crippen LogP contribution < -0.4 is 0 Å². The molecule has 1 aromatic carbocycles. The Morgan fingerprint density at radius 3 is 1.69 bits per heavy atom. The highest BCUT2D eigenvalue weighted by Gasteiger charge is 2.22. The second-order valence-corrected chi connectivity index (χ2v) is 10.5. The second kappa shape index (κ2) is 12.8. The van der Waals surface area contributed by atoms with Crippen molar-refractivity contribution >= 4 is 0 Å². The minimum absolute atomic E-state index is 0.838. The maximum Gasteiger partial charge on any atom is -0.0162 e. The lowest BCUT2D eigenvalue weighted by atomic mass is 9.76. The molecule has 1 aromatic rings. The highest BCUT2D eigenvalue weighted by atomic mass is 14.3. The van der Waals surface area contributed by atoms with Gasteiger partial charge in [0, 0.05) is 0 Å². The summed E-state index contributed by atoms with van der Waals surface area (Å²) in [6.45, 7) is 4.65. The fourth-order valence-electron chi connectivity index (χ4n) is 6.10. The van der Waals surface area contributed by atoms with Gasteiger partial charge in [-0.05, 0) is 73.3 Å². The summed E-state index contributed by atoms with van der Waals surface area (Å²) in [5.74, 6) is 3.90. The molecule has 0 unspecified atom stereocenters. The van der Waals surface area contributed by atoms with Gasteiger partial charge in [0.25, 0.3) is 0 Å². The Balaban J connectivity index is 1.34. The van der Waals surface area contributed by atoms with Crippen LogP contribution >= 0.6 is 0 Å². The van der Waals surface area contributed by atoms with Crippen LogP contribution in [0.5, 0.6) is 0 Å². The first kappa shape index (κ1) is 22.9. The summed E-state index contributed by atoms with van der Waals surface area (Å²) < 4.78 is 0. The van der Waals surface area contributed by atoms with Gasteiger partial charge < -0.3 is 0 Å². The molecule has 0 spiro atoms. The summed E-state index contributed by atoms with van der Waals surface area (Å²) in [6, 6.07) is 9.85. The summed E-state index contributed by atoms with van der Waals surface area (Å²) in [6.07, 6.45) is 24.6. The predicted octanol–water partition coefficient (Wildman–Crippen LogP) is 9.47. The molecule has 29 heavy (non-hydrogen) atoms. The summed E-state index contributed by atoms with van der Waals surface area (Å²) >= 11 is 0. The summed E-state index contributed by atoms with van der Waals surface area (Å²) in [5, 5.41) is 0. The zero-order valence-electron chi connectivity index (χ0n) is 19.6. The second-order valence-electron chi connectivity index (χ2n) is 10.5. The van der Waals surface area contributed by atoms with Crippen molar-refractivity contribution in [1.82, 2.24) is 0 Å². The molecule has 3 rings (SSSR count). The molecule has 0 nitrogen and oxygen atoms in total. The third-order valence-electron chi connectivity index (χ3n) is 8.29. The van der Waals surface area contributed by atoms with Crippen LogP contribution in [0.2, 0.25) is 0 Å². The van der Waals surface area contributed by atoms with Gasteiger partial charge >= 0.3 is 0 Å². The van der Waals surface area contributed by atoms with Crippen LogP contribution in [0.3, 0.4) is 0 Å². The third-order valence-corrected chi connectivity index (χ3v) is 8.29. The van der Waals surface area contributed by atoms with Crippen molar-refractivity contribution in [1.29, 1.82) is 0 Å². The SMILES string of the molecule is CCCCCC1CCC(CCc2ccc(C3CCC(CCCC)CC3)cc2)CC1. The Bertz CT molecular complexity index is 526. The Kier molecular flexibility index (Phi) is 10.1. The van der Waals surface area contributed by atoms with Crippen molar-refractivity contribution in [2.45, 2.75) is 129 Å². The molecule has 2 aliphatic carbocycles. The van der Waals surface area contributed by atoms with Gasteiger partial charge in [-0.25, -0.2) is 0 Å². The quantitative estimate of drug-likeness (QED) is 0.327. The van der Waals surface area contributed by atoms with E-state index in [0.29, 0.717) is 0 Å². The largest absolute Gasteiger partial charge is 0.0654 e. The third kappa shape index (κ3) is 7.76. The Labute approximate surface area is 182 Å². The van der Waals surface area contributed by atoms with Gasteiger partial charge in [0.05, 0.1) is 0 Å². The molecule has 0 atom stereocenters. The average Bonchev–Trinajstić information content (AvgIpc) is 2.78. The standard InChI is InChI=1S/C29H48/c1-3-5-7-9-25-10-12-26(13-11-25)14-15-27-18-22-29(23-19-27)28-20-16-24(17-21-28)8-6-4-2/h18-19,22-26,28H,3-17,20-21H2,1-2H3. The number of unbranched alkanes of at least 4 members (excludes halogenated alkanes) is 3.